The van der Waals surface area contributed by atoms with Crippen molar-refractivity contribution in [3.05, 3.63) is 0 Å². The Bertz CT molecular complexity index is 312. The molecular formula is C8H8O8. The highest BCUT2D eigenvalue weighted by Crippen LogP contribution is 2.15. The fraction of sp³-hybridized carbons (Fsp3) is 0.500. The van der Waals surface area contributed by atoms with Gasteiger partial charge in [-0.05, 0) is 0 Å². The summed E-state index contributed by atoms with van der Waals surface area (Å²) in [5, 5.41) is 16.8. The minimum Gasteiger partial charge on any atom is -0.481 e. The number of rotatable bonds is 4. The first-order chi connectivity index (χ1) is 7.40. The molecule has 0 spiro atoms. The van der Waals surface area contributed by atoms with Crippen molar-refractivity contribution in [2.24, 2.45) is 0 Å². The maximum atomic E-state index is 11.1. The zero-order chi connectivity index (χ0) is 12.3. The third-order valence-electron chi connectivity index (χ3n) is 1.76. The van der Waals surface area contributed by atoms with E-state index in [4.69, 9.17) is 10.2 Å². The molecule has 2 N–H and O–H groups in total. The van der Waals surface area contributed by atoms with E-state index >= 15 is 0 Å². The number of aliphatic carboxylic acids is 2. The van der Waals surface area contributed by atoms with Crippen LogP contribution < -0.4 is 0 Å². The number of esters is 2. The number of carbonyl (C=O) groups is 4. The van der Waals surface area contributed by atoms with Gasteiger partial charge in [-0.1, -0.05) is 0 Å². The van der Waals surface area contributed by atoms with Crippen molar-refractivity contribution in [3.8, 4) is 0 Å². The highest BCUT2D eigenvalue weighted by molar-refractivity contribution is 5.91. The average Bonchev–Trinajstić information content (AvgIpc) is 2.11. The SMILES string of the molecule is O=C(O)CC1OC(=O)C(CC(=O)O)OC1=O. The second-order valence-electron chi connectivity index (χ2n) is 3.05. The van der Waals surface area contributed by atoms with E-state index in [-0.39, 0.29) is 0 Å². The topological polar surface area (TPSA) is 127 Å². The van der Waals surface area contributed by atoms with Crippen LogP contribution in [0.2, 0.25) is 0 Å². The Hall–Kier alpha value is -2.12. The van der Waals surface area contributed by atoms with Crippen molar-refractivity contribution >= 4 is 23.9 Å². The molecule has 16 heavy (non-hydrogen) atoms. The van der Waals surface area contributed by atoms with Gasteiger partial charge in [0.15, 0.2) is 0 Å². The van der Waals surface area contributed by atoms with E-state index < -0.39 is 48.9 Å². The van der Waals surface area contributed by atoms with Crippen LogP contribution in [-0.2, 0) is 28.7 Å². The molecule has 1 aliphatic rings. The summed E-state index contributed by atoms with van der Waals surface area (Å²) in [6.45, 7) is 0. The lowest BCUT2D eigenvalue weighted by Gasteiger charge is -2.25. The molecule has 0 amide bonds. The molecule has 8 heteroatoms. The molecule has 2 atom stereocenters. The minimum absolute atomic E-state index is 0.704. The smallest absolute Gasteiger partial charge is 0.348 e. The van der Waals surface area contributed by atoms with E-state index in [1.54, 1.807) is 0 Å². The zero-order valence-electron chi connectivity index (χ0n) is 7.91. The molecule has 0 bridgehead atoms. The number of carbonyl (C=O) groups excluding carboxylic acids is 2. The van der Waals surface area contributed by atoms with E-state index in [1.165, 1.54) is 0 Å². The van der Waals surface area contributed by atoms with Gasteiger partial charge in [-0.15, -0.1) is 0 Å². The molecule has 0 saturated carbocycles. The van der Waals surface area contributed by atoms with Gasteiger partial charge in [-0.3, -0.25) is 9.59 Å². The average molecular weight is 232 g/mol. The van der Waals surface area contributed by atoms with Gasteiger partial charge in [-0.25, -0.2) is 9.59 Å². The summed E-state index contributed by atoms with van der Waals surface area (Å²) in [4.78, 5) is 42.8. The van der Waals surface area contributed by atoms with Crippen molar-refractivity contribution in [1.82, 2.24) is 0 Å². The molecule has 8 nitrogen and oxygen atoms in total. The highest BCUT2D eigenvalue weighted by Gasteiger charge is 2.40. The van der Waals surface area contributed by atoms with Gasteiger partial charge in [0.1, 0.15) is 0 Å². The number of cyclic esters (lactones) is 2. The normalized spacial score (nSPS) is 24.5. The quantitative estimate of drug-likeness (QED) is 0.577. The monoisotopic (exact) mass is 232 g/mol. The van der Waals surface area contributed by atoms with Crippen LogP contribution in [0.25, 0.3) is 0 Å². The predicted molar refractivity (Wildman–Crippen MR) is 44.3 cm³/mol. The Balaban J connectivity index is 2.63. The van der Waals surface area contributed by atoms with Crippen LogP contribution >= 0.6 is 0 Å². The number of carboxylic acid groups (broad SMARTS) is 2. The van der Waals surface area contributed by atoms with Crippen LogP contribution in [0.1, 0.15) is 12.8 Å². The first kappa shape index (κ1) is 12.0. The lowest BCUT2D eigenvalue weighted by atomic mass is 10.2. The minimum atomic E-state index is -1.50. The van der Waals surface area contributed by atoms with E-state index in [0.717, 1.165) is 0 Å². The summed E-state index contributed by atoms with van der Waals surface area (Å²) >= 11 is 0. The molecule has 0 aliphatic carbocycles. The van der Waals surface area contributed by atoms with Crippen LogP contribution in [0.4, 0.5) is 0 Å². The molecule has 1 saturated heterocycles. The van der Waals surface area contributed by atoms with Crippen molar-refractivity contribution in [3.63, 3.8) is 0 Å². The molecule has 1 aliphatic heterocycles. The van der Waals surface area contributed by atoms with Crippen molar-refractivity contribution in [2.75, 3.05) is 0 Å². The molecule has 0 aromatic rings. The number of carboxylic acids is 2. The van der Waals surface area contributed by atoms with Crippen molar-refractivity contribution < 1.29 is 38.9 Å². The van der Waals surface area contributed by atoms with Crippen molar-refractivity contribution in [1.29, 1.82) is 0 Å². The largest absolute Gasteiger partial charge is 0.481 e. The lowest BCUT2D eigenvalue weighted by molar-refractivity contribution is -0.197. The summed E-state index contributed by atoms with van der Waals surface area (Å²) in [6.07, 6.45) is -4.42. The Morgan fingerprint density at radius 3 is 1.50 bits per heavy atom. The third-order valence-corrected chi connectivity index (χ3v) is 1.76. The van der Waals surface area contributed by atoms with Gasteiger partial charge in [0, 0.05) is 0 Å². The van der Waals surface area contributed by atoms with Gasteiger partial charge in [-0.2, -0.15) is 0 Å². The standard InChI is InChI=1S/C8H8O8/c9-5(10)1-3-7(13)16-4(2-6(11)12)8(14)15-3/h3-4H,1-2H2,(H,9,10)(H,11,12). The second kappa shape index (κ2) is 4.60. The first-order valence-electron chi connectivity index (χ1n) is 4.24. The molecule has 1 rings (SSSR count). The van der Waals surface area contributed by atoms with Gasteiger partial charge in [0.2, 0.25) is 12.2 Å². The molecule has 0 aromatic heterocycles. The van der Waals surface area contributed by atoms with Crippen LogP contribution in [0.15, 0.2) is 0 Å². The Kier molecular flexibility index (Phi) is 3.44. The fourth-order valence-electron chi connectivity index (χ4n) is 1.10. The maximum Gasteiger partial charge on any atom is 0.348 e. The second-order valence-corrected chi connectivity index (χ2v) is 3.05. The van der Waals surface area contributed by atoms with E-state index in [9.17, 15) is 19.2 Å². The van der Waals surface area contributed by atoms with E-state index in [1.807, 2.05) is 0 Å². The molecule has 0 radical (unpaired) electrons. The van der Waals surface area contributed by atoms with Crippen LogP contribution in [0, 0.1) is 0 Å². The van der Waals surface area contributed by atoms with E-state index in [2.05, 4.69) is 9.47 Å². The van der Waals surface area contributed by atoms with Gasteiger partial charge >= 0.3 is 23.9 Å². The van der Waals surface area contributed by atoms with Crippen LogP contribution in [0.3, 0.4) is 0 Å². The lowest BCUT2D eigenvalue weighted by Crippen LogP contribution is -2.45. The predicted octanol–water partition coefficient (Wildman–Crippen LogP) is -1.23. The summed E-state index contributed by atoms with van der Waals surface area (Å²) in [5.74, 6) is -4.75. The Labute approximate surface area is 88.7 Å². The zero-order valence-corrected chi connectivity index (χ0v) is 7.91. The van der Waals surface area contributed by atoms with Crippen LogP contribution in [-0.4, -0.2) is 46.3 Å². The number of ether oxygens (including phenoxy) is 2. The highest BCUT2D eigenvalue weighted by atomic mass is 16.6. The van der Waals surface area contributed by atoms with Gasteiger partial charge in [0.05, 0.1) is 12.8 Å². The number of hydrogen-bond acceptors (Lipinski definition) is 6. The fourth-order valence-corrected chi connectivity index (χ4v) is 1.10. The number of hydrogen-bond donors (Lipinski definition) is 2. The Morgan fingerprint density at radius 2 is 1.25 bits per heavy atom. The van der Waals surface area contributed by atoms with Crippen molar-refractivity contribution in [2.45, 2.75) is 25.0 Å². The third kappa shape index (κ3) is 2.94. The Morgan fingerprint density at radius 1 is 0.938 bits per heavy atom. The maximum absolute atomic E-state index is 11.1. The molecule has 2 unspecified atom stereocenters. The van der Waals surface area contributed by atoms with Crippen LogP contribution in [0.5, 0.6) is 0 Å². The molecule has 1 heterocycles. The molecule has 1 fully saturated rings. The van der Waals surface area contributed by atoms with E-state index in [0.29, 0.717) is 0 Å². The summed E-state index contributed by atoms with van der Waals surface area (Å²) in [7, 11) is 0. The summed E-state index contributed by atoms with van der Waals surface area (Å²) in [5.41, 5.74) is 0. The molecular weight excluding hydrogens is 224 g/mol. The van der Waals surface area contributed by atoms with Gasteiger partial charge in [0.25, 0.3) is 0 Å². The molecule has 0 aromatic carbocycles. The summed E-state index contributed by atoms with van der Waals surface area (Å²) in [6, 6.07) is 0. The first-order valence-corrected chi connectivity index (χ1v) is 4.24. The van der Waals surface area contributed by atoms with Gasteiger partial charge < -0.3 is 19.7 Å². The summed E-state index contributed by atoms with van der Waals surface area (Å²) < 4.78 is 8.93. The molecule has 88 valence electrons.